The molecule has 1 amide bonds. The highest BCUT2D eigenvalue weighted by Crippen LogP contribution is 2.68. The van der Waals surface area contributed by atoms with Crippen LogP contribution >= 0.6 is 0 Å². The zero-order chi connectivity index (χ0) is 24.3. The zero-order valence-corrected chi connectivity index (χ0v) is 22.2. The van der Waals surface area contributed by atoms with Crippen LogP contribution in [0, 0.1) is 46.3 Å². The first-order valence-electron chi connectivity index (χ1n) is 14.6. The number of amides is 1. The molecule has 0 aromatic rings. The molecule has 8 unspecified atom stereocenters. The van der Waals surface area contributed by atoms with Crippen LogP contribution in [0.4, 0.5) is 0 Å². The highest BCUT2D eigenvalue weighted by molar-refractivity contribution is 5.74. The summed E-state index contributed by atoms with van der Waals surface area (Å²) in [6, 6.07) is 0. The predicted molar refractivity (Wildman–Crippen MR) is 136 cm³/mol. The Bertz CT molecular complexity index is 686. The van der Waals surface area contributed by atoms with E-state index in [1.807, 2.05) is 0 Å². The van der Waals surface area contributed by atoms with Gasteiger partial charge in [0.1, 0.15) is 0 Å². The molecular weight excluding hydrogens is 424 g/mol. The standard InChI is InChI=1S/C29H52N2O3/c1-20(14-18-30-17-8-4-5-10-26(33)31-34)22-11-12-23-27-24(13-16-29(22,23)3)28(2)15-7-6-9-21(28)19-25(27)32/h20-25,27,30,32,34H,4-19H2,1-3H3,(H,31,33)/t20-,21?,22?,23?,24?,25?,27?,28?,29?/m1/s1. The predicted octanol–water partition coefficient (Wildman–Crippen LogP) is 5.69. The number of fused-ring (bicyclic) bond motifs is 5. The van der Waals surface area contributed by atoms with Crippen molar-refractivity contribution in [1.29, 1.82) is 0 Å². The van der Waals surface area contributed by atoms with E-state index in [0.717, 1.165) is 68.4 Å². The van der Waals surface area contributed by atoms with Crippen LogP contribution in [0.1, 0.15) is 111 Å². The molecule has 0 aromatic carbocycles. The van der Waals surface area contributed by atoms with Gasteiger partial charge in [-0.2, -0.15) is 0 Å². The SMILES string of the molecule is C[C@H](CCNCCCCCC(=O)NO)C1CCC2C3C(O)CC4CCCCC4(C)C3CCC21C. The lowest BCUT2D eigenvalue weighted by atomic mass is 9.44. The van der Waals surface area contributed by atoms with Gasteiger partial charge in [0, 0.05) is 6.42 Å². The molecule has 4 N–H and O–H groups in total. The number of aliphatic hydroxyl groups is 1. The fraction of sp³-hybridized carbons (Fsp3) is 0.966. The van der Waals surface area contributed by atoms with E-state index in [2.05, 4.69) is 26.1 Å². The van der Waals surface area contributed by atoms with E-state index >= 15 is 0 Å². The molecule has 4 aliphatic carbocycles. The first-order chi connectivity index (χ1) is 16.3. The first kappa shape index (κ1) is 26.4. The second kappa shape index (κ2) is 11.2. The largest absolute Gasteiger partial charge is 0.393 e. The number of aliphatic hydroxyl groups excluding tert-OH is 1. The number of nitrogens with one attached hydrogen (secondary N) is 2. The van der Waals surface area contributed by atoms with Crippen LogP contribution < -0.4 is 10.8 Å². The smallest absolute Gasteiger partial charge is 0.243 e. The maximum Gasteiger partial charge on any atom is 0.243 e. The molecule has 4 rings (SSSR count). The molecule has 0 heterocycles. The van der Waals surface area contributed by atoms with Crippen molar-refractivity contribution in [2.45, 2.75) is 117 Å². The van der Waals surface area contributed by atoms with Gasteiger partial charge < -0.3 is 10.4 Å². The number of carbonyl (C=O) groups is 1. The van der Waals surface area contributed by atoms with Crippen molar-refractivity contribution in [3.63, 3.8) is 0 Å². The average Bonchev–Trinajstić information content (AvgIpc) is 3.18. The van der Waals surface area contributed by atoms with Crippen molar-refractivity contribution in [2.75, 3.05) is 13.1 Å². The minimum Gasteiger partial charge on any atom is -0.393 e. The first-order valence-corrected chi connectivity index (χ1v) is 14.6. The minimum absolute atomic E-state index is 0.0648. The minimum atomic E-state index is -0.285. The van der Waals surface area contributed by atoms with Crippen molar-refractivity contribution in [3.05, 3.63) is 0 Å². The van der Waals surface area contributed by atoms with Gasteiger partial charge in [-0.1, -0.05) is 40.0 Å². The molecule has 34 heavy (non-hydrogen) atoms. The molecule has 5 nitrogen and oxygen atoms in total. The Kier molecular flexibility index (Phi) is 8.68. The van der Waals surface area contributed by atoms with E-state index in [0.29, 0.717) is 23.2 Å². The Labute approximate surface area is 208 Å². The van der Waals surface area contributed by atoms with Gasteiger partial charge in [0.05, 0.1) is 6.10 Å². The summed E-state index contributed by atoms with van der Waals surface area (Å²) in [7, 11) is 0. The third-order valence-corrected chi connectivity index (χ3v) is 11.5. The number of rotatable bonds is 10. The third-order valence-electron chi connectivity index (χ3n) is 11.5. The molecule has 4 aliphatic rings. The van der Waals surface area contributed by atoms with Gasteiger partial charge in [-0.15, -0.1) is 0 Å². The Morgan fingerprint density at radius 2 is 1.76 bits per heavy atom. The van der Waals surface area contributed by atoms with Crippen molar-refractivity contribution < 1.29 is 15.1 Å². The van der Waals surface area contributed by atoms with Crippen LogP contribution in [0.3, 0.4) is 0 Å². The highest BCUT2D eigenvalue weighted by Gasteiger charge is 2.62. The van der Waals surface area contributed by atoms with Gasteiger partial charge in [-0.05, 0) is 124 Å². The van der Waals surface area contributed by atoms with E-state index in [4.69, 9.17) is 5.21 Å². The number of carbonyl (C=O) groups excluding carboxylic acids is 1. The van der Waals surface area contributed by atoms with E-state index in [1.54, 1.807) is 5.48 Å². The van der Waals surface area contributed by atoms with E-state index in [1.165, 1.54) is 57.8 Å². The molecule has 0 aromatic heterocycles. The Morgan fingerprint density at radius 3 is 2.56 bits per heavy atom. The van der Waals surface area contributed by atoms with E-state index < -0.39 is 0 Å². The van der Waals surface area contributed by atoms with Gasteiger partial charge in [0.25, 0.3) is 0 Å². The average molecular weight is 477 g/mol. The molecule has 0 spiro atoms. The Hall–Kier alpha value is -0.650. The maximum absolute atomic E-state index is 11.4. The summed E-state index contributed by atoms with van der Waals surface area (Å²) in [5.74, 6) is 4.01. The van der Waals surface area contributed by atoms with Crippen molar-refractivity contribution in [1.82, 2.24) is 10.8 Å². The summed E-state index contributed by atoms with van der Waals surface area (Å²) < 4.78 is 0. The molecule has 9 atom stereocenters. The lowest BCUT2D eigenvalue weighted by Gasteiger charge is -2.62. The number of hydrogen-bond acceptors (Lipinski definition) is 4. The summed E-state index contributed by atoms with van der Waals surface area (Å²) in [6.45, 7) is 9.76. The van der Waals surface area contributed by atoms with Crippen LogP contribution in [0.25, 0.3) is 0 Å². The number of unbranched alkanes of at least 4 members (excludes halogenated alkanes) is 2. The van der Waals surface area contributed by atoms with Gasteiger partial charge in [0.2, 0.25) is 5.91 Å². The normalized spacial score (nSPS) is 42.4. The van der Waals surface area contributed by atoms with Crippen molar-refractivity contribution in [2.24, 2.45) is 46.3 Å². The lowest BCUT2D eigenvalue weighted by molar-refractivity contribution is -0.164. The van der Waals surface area contributed by atoms with Gasteiger partial charge in [-0.25, -0.2) is 5.48 Å². The molecule has 0 bridgehead atoms. The second-order valence-electron chi connectivity index (χ2n) is 13.1. The summed E-state index contributed by atoms with van der Waals surface area (Å²) in [4.78, 5) is 11.1. The molecule has 0 radical (unpaired) electrons. The highest BCUT2D eigenvalue weighted by atomic mass is 16.5. The summed E-state index contributed by atoms with van der Waals surface area (Å²) in [5, 5.41) is 23.6. The molecule has 4 saturated carbocycles. The molecule has 4 fully saturated rings. The Balaban J connectivity index is 1.26. The van der Waals surface area contributed by atoms with Crippen LogP contribution in [0.2, 0.25) is 0 Å². The zero-order valence-electron chi connectivity index (χ0n) is 22.2. The van der Waals surface area contributed by atoms with E-state index in [-0.39, 0.29) is 12.0 Å². The monoisotopic (exact) mass is 476 g/mol. The third kappa shape index (κ3) is 5.09. The van der Waals surface area contributed by atoms with Crippen LogP contribution in [-0.4, -0.2) is 35.4 Å². The summed E-state index contributed by atoms with van der Waals surface area (Å²) in [6.07, 6.45) is 16.5. The van der Waals surface area contributed by atoms with Crippen LogP contribution in [-0.2, 0) is 4.79 Å². The fourth-order valence-corrected chi connectivity index (χ4v) is 9.65. The second-order valence-corrected chi connectivity index (χ2v) is 13.1. The maximum atomic E-state index is 11.4. The van der Waals surface area contributed by atoms with Crippen molar-refractivity contribution in [3.8, 4) is 0 Å². The van der Waals surface area contributed by atoms with Crippen LogP contribution in [0.15, 0.2) is 0 Å². The lowest BCUT2D eigenvalue weighted by Crippen LogP contribution is -2.57. The number of hydrogen-bond donors (Lipinski definition) is 4. The topological polar surface area (TPSA) is 81.6 Å². The van der Waals surface area contributed by atoms with Gasteiger partial charge in [-0.3, -0.25) is 10.0 Å². The summed E-state index contributed by atoms with van der Waals surface area (Å²) >= 11 is 0. The van der Waals surface area contributed by atoms with Gasteiger partial charge in [0.15, 0.2) is 0 Å². The van der Waals surface area contributed by atoms with E-state index in [9.17, 15) is 9.90 Å². The van der Waals surface area contributed by atoms with Gasteiger partial charge >= 0.3 is 0 Å². The molecule has 0 saturated heterocycles. The van der Waals surface area contributed by atoms with Crippen molar-refractivity contribution >= 4 is 5.91 Å². The molecule has 0 aliphatic heterocycles. The van der Waals surface area contributed by atoms with Crippen LogP contribution in [0.5, 0.6) is 0 Å². The quantitative estimate of drug-likeness (QED) is 0.185. The summed E-state index contributed by atoms with van der Waals surface area (Å²) in [5.41, 5.74) is 2.60. The fourth-order valence-electron chi connectivity index (χ4n) is 9.65. The molecule has 196 valence electrons. The molecular formula is C29H52N2O3. The Morgan fingerprint density at radius 1 is 0.971 bits per heavy atom. The molecule has 5 heteroatoms. The number of hydroxylamine groups is 1.